The number of methoxy groups -OCH3 is 1. The Bertz CT molecular complexity index is 976. The van der Waals surface area contributed by atoms with Gasteiger partial charge in [-0.05, 0) is 35.4 Å². The van der Waals surface area contributed by atoms with E-state index in [1.54, 1.807) is 67.4 Å². The Kier molecular flexibility index (Phi) is 6.29. The molecule has 1 heterocycles. The quantitative estimate of drug-likeness (QED) is 0.671. The summed E-state index contributed by atoms with van der Waals surface area (Å²) in [6.45, 7) is 0.592. The number of carbonyl (C=O) groups excluding carboxylic acids is 2. The van der Waals surface area contributed by atoms with Crippen molar-refractivity contribution in [2.24, 2.45) is 0 Å². The van der Waals surface area contributed by atoms with E-state index in [0.717, 1.165) is 16.9 Å². The highest BCUT2D eigenvalue weighted by Gasteiger charge is 2.10. The van der Waals surface area contributed by atoms with Gasteiger partial charge < -0.3 is 15.0 Å². The summed E-state index contributed by atoms with van der Waals surface area (Å²) in [5.41, 5.74) is 3.09. The Morgan fingerprint density at radius 3 is 2.31 bits per heavy atom. The second kappa shape index (κ2) is 9.05. The van der Waals surface area contributed by atoms with Gasteiger partial charge in [0, 0.05) is 25.9 Å². The summed E-state index contributed by atoms with van der Waals surface area (Å²) in [6, 6.07) is 14.8. The molecule has 2 aromatic carbocycles. The molecule has 0 aliphatic rings. The number of rotatable bonds is 7. The van der Waals surface area contributed by atoms with Gasteiger partial charge in [0.2, 0.25) is 5.91 Å². The molecule has 2 amide bonds. The second-order valence-corrected chi connectivity index (χ2v) is 6.89. The van der Waals surface area contributed by atoms with Crippen LogP contribution in [0.15, 0.2) is 60.9 Å². The number of carbonyl (C=O) groups is 2. The fraction of sp³-hybridized carbons (Fsp3) is 0.227. The number of anilines is 1. The van der Waals surface area contributed by atoms with Gasteiger partial charge in [0.1, 0.15) is 5.75 Å². The molecule has 0 saturated carbocycles. The predicted octanol–water partition coefficient (Wildman–Crippen LogP) is 2.82. The van der Waals surface area contributed by atoms with E-state index in [1.165, 1.54) is 0 Å². The molecule has 0 aliphatic heterocycles. The molecule has 0 radical (unpaired) electrons. The average Bonchev–Trinajstić information content (AvgIpc) is 3.15. The summed E-state index contributed by atoms with van der Waals surface area (Å²) >= 11 is 0. The zero-order valence-corrected chi connectivity index (χ0v) is 16.8. The number of likely N-dealkylation sites (N-methyl/N-ethyl adjacent to an activating group) is 1. The second-order valence-electron chi connectivity index (χ2n) is 6.89. The Labute approximate surface area is 169 Å². The van der Waals surface area contributed by atoms with Crippen molar-refractivity contribution in [2.75, 3.05) is 26.5 Å². The van der Waals surface area contributed by atoms with Crippen molar-refractivity contribution in [3.8, 4) is 5.75 Å². The summed E-state index contributed by atoms with van der Waals surface area (Å²) < 4.78 is 6.91. The maximum atomic E-state index is 12.5. The molecular formula is C22H24N4O3. The molecule has 0 spiro atoms. The van der Waals surface area contributed by atoms with Crippen LogP contribution in [-0.2, 0) is 17.8 Å². The first kappa shape index (κ1) is 20.1. The smallest absolute Gasteiger partial charge is 0.255 e. The van der Waals surface area contributed by atoms with Crippen LogP contribution in [0.2, 0.25) is 0 Å². The SMILES string of the molecule is COc1ccc(Cn2cc(NC(=O)c3ccc(CC(=O)N(C)C)cc3)cn2)cc1. The van der Waals surface area contributed by atoms with E-state index in [4.69, 9.17) is 4.74 Å². The third-order valence-electron chi connectivity index (χ3n) is 4.47. The number of ether oxygens (including phenoxy) is 1. The van der Waals surface area contributed by atoms with Crippen LogP contribution in [-0.4, -0.2) is 47.7 Å². The molecule has 0 saturated heterocycles. The van der Waals surface area contributed by atoms with E-state index in [2.05, 4.69) is 10.4 Å². The summed E-state index contributed by atoms with van der Waals surface area (Å²) in [7, 11) is 5.08. The minimum atomic E-state index is -0.223. The van der Waals surface area contributed by atoms with Crippen LogP contribution in [0.1, 0.15) is 21.5 Å². The van der Waals surface area contributed by atoms with Gasteiger partial charge in [-0.15, -0.1) is 0 Å². The standard InChI is InChI=1S/C22H24N4O3/c1-25(2)21(27)12-16-4-8-18(9-5-16)22(28)24-19-13-23-26(15-19)14-17-6-10-20(29-3)11-7-17/h4-11,13,15H,12,14H2,1-3H3,(H,24,28). The summed E-state index contributed by atoms with van der Waals surface area (Å²) in [5.74, 6) is 0.602. The minimum absolute atomic E-state index is 0.0199. The normalized spacial score (nSPS) is 10.4. The molecule has 1 aromatic heterocycles. The van der Waals surface area contributed by atoms with Gasteiger partial charge in [-0.1, -0.05) is 24.3 Å². The van der Waals surface area contributed by atoms with E-state index in [1.807, 2.05) is 24.3 Å². The fourth-order valence-corrected chi connectivity index (χ4v) is 2.74. The van der Waals surface area contributed by atoms with E-state index in [-0.39, 0.29) is 11.8 Å². The van der Waals surface area contributed by atoms with Crippen LogP contribution in [0.5, 0.6) is 5.75 Å². The summed E-state index contributed by atoms with van der Waals surface area (Å²) in [4.78, 5) is 25.8. The van der Waals surface area contributed by atoms with Crippen molar-refractivity contribution in [3.63, 3.8) is 0 Å². The van der Waals surface area contributed by atoms with E-state index in [0.29, 0.717) is 24.2 Å². The molecular weight excluding hydrogens is 368 g/mol. The molecule has 1 N–H and O–H groups in total. The molecule has 29 heavy (non-hydrogen) atoms. The zero-order chi connectivity index (χ0) is 20.8. The predicted molar refractivity (Wildman–Crippen MR) is 111 cm³/mol. The maximum Gasteiger partial charge on any atom is 0.255 e. The number of amides is 2. The van der Waals surface area contributed by atoms with Gasteiger partial charge in [0.05, 0.1) is 32.0 Å². The van der Waals surface area contributed by atoms with E-state index >= 15 is 0 Å². The molecule has 3 rings (SSSR count). The van der Waals surface area contributed by atoms with Crippen molar-refractivity contribution >= 4 is 17.5 Å². The fourth-order valence-electron chi connectivity index (χ4n) is 2.74. The van der Waals surface area contributed by atoms with Crippen LogP contribution in [0.3, 0.4) is 0 Å². The van der Waals surface area contributed by atoms with Crippen molar-refractivity contribution in [3.05, 3.63) is 77.6 Å². The number of benzene rings is 2. The van der Waals surface area contributed by atoms with Gasteiger partial charge in [0.15, 0.2) is 0 Å². The molecule has 3 aromatic rings. The highest BCUT2D eigenvalue weighted by molar-refractivity contribution is 6.04. The van der Waals surface area contributed by atoms with Crippen LogP contribution in [0, 0.1) is 0 Å². The average molecular weight is 392 g/mol. The van der Waals surface area contributed by atoms with E-state index < -0.39 is 0 Å². The van der Waals surface area contributed by atoms with Gasteiger partial charge in [-0.25, -0.2) is 0 Å². The van der Waals surface area contributed by atoms with Crippen LogP contribution in [0.4, 0.5) is 5.69 Å². The maximum absolute atomic E-state index is 12.5. The van der Waals surface area contributed by atoms with Crippen LogP contribution < -0.4 is 10.1 Å². The van der Waals surface area contributed by atoms with Crippen molar-refractivity contribution in [2.45, 2.75) is 13.0 Å². The van der Waals surface area contributed by atoms with Crippen LogP contribution in [0.25, 0.3) is 0 Å². The first-order chi connectivity index (χ1) is 13.9. The largest absolute Gasteiger partial charge is 0.497 e. The lowest BCUT2D eigenvalue weighted by molar-refractivity contribution is -0.127. The first-order valence-corrected chi connectivity index (χ1v) is 9.20. The topological polar surface area (TPSA) is 76.5 Å². The van der Waals surface area contributed by atoms with Crippen LogP contribution >= 0.6 is 0 Å². The monoisotopic (exact) mass is 392 g/mol. The number of nitrogens with zero attached hydrogens (tertiary/aromatic N) is 3. The Morgan fingerprint density at radius 2 is 1.69 bits per heavy atom. The van der Waals surface area contributed by atoms with Gasteiger partial charge in [0.25, 0.3) is 5.91 Å². The minimum Gasteiger partial charge on any atom is -0.497 e. The zero-order valence-electron chi connectivity index (χ0n) is 16.8. The molecule has 0 unspecified atom stereocenters. The van der Waals surface area contributed by atoms with E-state index in [9.17, 15) is 9.59 Å². The highest BCUT2D eigenvalue weighted by Crippen LogP contribution is 2.14. The Morgan fingerprint density at radius 1 is 1.03 bits per heavy atom. The lowest BCUT2D eigenvalue weighted by Gasteiger charge is -2.10. The summed E-state index contributed by atoms with van der Waals surface area (Å²) in [5, 5.41) is 7.14. The van der Waals surface area contributed by atoms with Crippen molar-refractivity contribution < 1.29 is 14.3 Å². The third-order valence-corrected chi connectivity index (χ3v) is 4.47. The van der Waals surface area contributed by atoms with Crippen molar-refractivity contribution in [1.82, 2.24) is 14.7 Å². The summed E-state index contributed by atoms with van der Waals surface area (Å²) in [6.07, 6.45) is 3.71. The molecule has 0 bridgehead atoms. The van der Waals surface area contributed by atoms with Gasteiger partial charge in [-0.2, -0.15) is 5.10 Å². The molecule has 0 fully saturated rings. The highest BCUT2D eigenvalue weighted by atomic mass is 16.5. The Balaban J connectivity index is 1.58. The number of aromatic nitrogens is 2. The van der Waals surface area contributed by atoms with Crippen molar-refractivity contribution in [1.29, 1.82) is 0 Å². The lowest BCUT2D eigenvalue weighted by atomic mass is 10.1. The van der Waals surface area contributed by atoms with Gasteiger partial charge in [-0.3, -0.25) is 14.3 Å². The lowest BCUT2D eigenvalue weighted by Crippen LogP contribution is -2.23. The third kappa shape index (κ3) is 5.44. The molecule has 7 nitrogen and oxygen atoms in total. The number of hydrogen-bond acceptors (Lipinski definition) is 4. The molecule has 150 valence electrons. The molecule has 7 heteroatoms. The molecule has 0 atom stereocenters. The Hall–Kier alpha value is -3.61. The first-order valence-electron chi connectivity index (χ1n) is 9.20. The number of hydrogen-bond donors (Lipinski definition) is 1. The molecule has 0 aliphatic carbocycles. The number of nitrogens with one attached hydrogen (secondary N) is 1. The van der Waals surface area contributed by atoms with Gasteiger partial charge >= 0.3 is 0 Å².